The number of carboxylic acids is 1. The zero-order chi connectivity index (χ0) is 13.0. The normalized spacial score (nSPS) is 11.2. The number of carboxylic acid groups (broad SMARTS) is 1. The highest BCUT2D eigenvalue weighted by Gasteiger charge is 2.02. The van der Waals surface area contributed by atoms with Crippen LogP contribution in [0.2, 0.25) is 0 Å². The number of methoxy groups -OCH3 is 1. The topological polar surface area (TPSA) is 55.8 Å². The number of fused-ring (bicyclic) bond motifs is 1. The Bertz CT molecular complexity index is 586. The van der Waals surface area contributed by atoms with Gasteiger partial charge in [-0.3, -0.25) is 0 Å². The van der Waals surface area contributed by atoms with Crippen molar-refractivity contribution in [3.8, 4) is 5.75 Å². The molecule has 0 saturated carbocycles. The molecule has 1 aromatic heterocycles. The Morgan fingerprint density at radius 1 is 1.44 bits per heavy atom. The van der Waals surface area contributed by atoms with E-state index in [9.17, 15) is 4.79 Å². The Morgan fingerprint density at radius 3 is 3.00 bits per heavy atom. The van der Waals surface area contributed by atoms with Crippen LogP contribution in [0.3, 0.4) is 0 Å². The predicted molar refractivity (Wildman–Crippen MR) is 71.0 cm³/mol. The minimum Gasteiger partial charge on any atom is -0.478 e. The van der Waals surface area contributed by atoms with Gasteiger partial charge in [0.2, 0.25) is 0 Å². The molecule has 0 bridgehead atoms. The number of hydrogen-bond acceptors (Lipinski definition) is 4. The summed E-state index contributed by atoms with van der Waals surface area (Å²) in [6, 6.07) is 7.65. The first-order chi connectivity index (χ1) is 8.69. The van der Waals surface area contributed by atoms with E-state index in [2.05, 4.69) is 0 Å². The second-order valence-corrected chi connectivity index (χ2v) is 4.69. The fourth-order valence-corrected chi connectivity index (χ4v) is 2.44. The van der Waals surface area contributed by atoms with Crippen molar-refractivity contribution in [2.45, 2.75) is 0 Å². The van der Waals surface area contributed by atoms with E-state index in [1.54, 1.807) is 13.2 Å². The third-order valence-corrected chi connectivity index (χ3v) is 3.32. The van der Waals surface area contributed by atoms with Crippen LogP contribution in [-0.4, -0.2) is 25.0 Å². The molecule has 0 aliphatic heterocycles. The molecule has 0 saturated heterocycles. The number of ether oxygens (including phenoxy) is 2. The van der Waals surface area contributed by atoms with Crippen molar-refractivity contribution in [2.24, 2.45) is 0 Å². The summed E-state index contributed by atoms with van der Waals surface area (Å²) in [4.78, 5) is 11.3. The summed E-state index contributed by atoms with van der Waals surface area (Å²) in [7, 11) is 1.57. The Balaban J connectivity index is 2.25. The van der Waals surface area contributed by atoms with Gasteiger partial charge in [0.05, 0.1) is 0 Å². The molecule has 4 nitrogen and oxygen atoms in total. The number of carbonyl (C=O) groups is 1. The Morgan fingerprint density at radius 2 is 2.28 bits per heavy atom. The summed E-state index contributed by atoms with van der Waals surface area (Å²) in [5, 5.41) is 9.60. The number of hydrogen-bond donors (Lipinski definition) is 1. The molecule has 0 aliphatic rings. The van der Waals surface area contributed by atoms with Crippen molar-refractivity contribution >= 4 is 33.5 Å². The summed E-state index contributed by atoms with van der Waals surface area (Å²) < 4.78 is 11.3. The smallest absolute Gasteiger partial charge is 0.328 e. The Kier molecular flexibility index (Phi) is 3.96. The molecule has 5 heteroatoms. The summed E-state index contributed by atoms with van der Waals surface area (Å²) >= 11 is 1.53. The van der Waals surface area contributed by atoms with Gasteiger partial charge in [-0.1, -0.05) is 0 Å². The minimum absolute atomic E-state index is 0.210. The van der Waals surface area contributed by atoms with E-state index < -0.39 is 5.97 Å². The lowest BCUT2D eigenvalue weighted by atomic mass is 10.2. The Labute approximate surface area is 108 Å². The lowest BCUT2D eigenvalue weighted by molar-refractivity contribution is -0.131. The first-order valence-corrected chi connectivity index (χ1v) is 6.07. The molecular weight excluding hydrogens is 252 g/mol. The van der Waals surface area contributed by atoms with Gasteiger partial charge in [0.15, 0.2) is 6.79 Å². The number of benzene rings is 1. The van der Waals surface area contributed by atoms with E-state index in [1.807, 2.05) is 24.3 Å². The van der Waals surface area contributed by atoms with Crippen molar-refractivity contribution in [3.63, 3.8) is 0 Å². The molecule has 0 spiro atoms. The van der Waals surface area contributed by atoms with Gasteiger partial charge in [0.25, 0.3) is 0 Å². The van der Waals surface area contributed by atoms with Crippen molar-refractivity contribution < 1.29 is 19.4 Å². The van der Waals surface area contributed by atoms with Crippen molar-refractivity contribution in [3.05, 3.63) is 35.2 Å². The monoisotopic (exact) mass is 264 g/mol. The van der Waals surface area contributed by atoms with Crippen LogP contribution in [0, 0.1) is 0 Å². The van der Waals surface area contributed by atoms with Crippen molar-refractivity contribution in [1.82, 2.24) is 0 Å². The predicted octanol–water partition coefficient (Wildman–Crippen LogP) is 2.98. The molecular formula is C13H12O4S. The van der Waals surface area contributed by atoms with Crippen LogP contribution in [0.1, 0.15) is 4.88 Å². The lowest BCUT2D eigenvalue weighted by Crippen LogP contribution is -1.98. The lowest BCUT2D eigenvalue weighted by Gasteiger charge is -2.03. The summed E-state index contributed by atoms with van der Waals surface area (Å²) in [6.45, 7) is 0.210. The minimum atomic E-state index is -0.948. The average molecular weight is 264 g/mol. The van der Waals surface area contributed by atoms with Crippen LogP contribution in [-0.2, 0) is 9.53 Å². The molecule has 0 amide bonds. The standard InChI is InChI=1S/C13H12O4S/c1-16-8-17-10-2-4-12-9(6-10)7-11(18-12)3-5-13(14)15/h2-7H,8H2,1H3,(H,14,15). The zero-order valence-corrected chi connectivity index (χ0v) is 10.6. The molecule has 2 aromatic rings. The summed E-state index contributed by atoms with van der Waals surface area (Å²) in [6.07, 6.45) is 2.72. The van der Waals surface area contributed by atoms with Crippen LogP contribution in [0.5, 0.6) is 5.75 Å². The zero-order valence-electron chi connectivity index (χ0n) is 9.75. The third kappa shape index (κ3) is 3.09. The highest BCUT2D eigenvalue weighted by atomic mass is 32.1. The van der Waals surface area contributed by atoms with Gasteiger partial charge in [-0.25, -0.2) is 4.79 Å². The van der Waals surface area contributed by atoms with Crippen LogP contribution < -0.4 is 4.74 Å². The van der Waals surface area contributed by atoms with Crippen molar-refractivity contribution in [1.29, 1.82) is 0 Å². The van der Waals surface area contributed by atoms with E-state index in [4.69, 9.17) is 14.6 Å². The van der Waals surface area contributed by atoms with Gasteiger partial charge >= 0.3 is 5.97 Å². The third-order valence-electron chi connectivity index (χ3n) is 2.24. The van der Waals surface area contributed by atoms with E-state index in [-0.39, 0.29) is 6.79 Å². The van der Waals surface area contributed by atoms with Crippen LogP contribution in [0.4, 0.5) is 0 Å². The summed E-state index contributed by atoms with van der Waals surface area (Å²) in [5.41, 5.74) is 0. The van der Waals surface area contributed by atoms with Gasteiger partial charge in [0.1, 0.15) is 5.75 Å². The van der Waals surface area contributed by atoms with Gasteiger partial charge in [-0.05, 0) is 35.7 Å². The highest BCUT2D eigenvalue weighted by molar-refractivity contribution is 7.19. The van der Waals surface area contributed by atoms with E-state index in [0.717, 1.165) is 26.8 Å². The number of rotatable bonds is 5. The fraction of sp³-hybridized carbons (Fsp3) is 0.154. The second kappa shape index (κ2) is 5.66. The number of thiophene rings is 1. The largest absolute Gasteiger partial charge is 0.478 e. The fourth-order valence-electron chi connectivity index (χ4n) is 1.49. The highest BCUT2D eigenvalue weighted by Crippen LogP contribution is 2.29. The number of aliphatic carboxylic acids is 1. The molecule has 0 unspecified atom stereocenters. The van der Waals surface area contributed by atoms with E-state index in [0.29, 0.717) is 0 Å². The van der Waals surface area contributed by atoms with Gasteiger partial charge in [-0.2, -0.15) is 0 Å². The van der Waals surface area contributed by atoms with Crippen LogP contribution in [0.15, 0.2) is 30.3 Å². The molecule has 18 heavy (non-hydrogen) atoms. The first-order valence-electron chi connectivity index (χ1n) is 5.25. The molecule has 0 fully saturated rings. The molecule has 94 valence electrons. The van der Waals surface area contributed by atoms with Gasteiger partial charge in [-0.15, -0.1) is 11.3 Å². The average Bonchev–Trinajstić information content (AvgIpc) is 2.75. The molecule has 1 aromatic carbocycles. The molecule has 0 atom stereocenters. The van der Waals surface area contributed by atoms with Crippen LogP contribution >= 0.6 is 11.3 Å². The van der Waals surface area contributed by atoms with Gasteiger partial charge in [0, 0.05) is 22.8 Å². The molecule has 2 rings (SSSR count). The maximum atomic E-state index is 10.4. The van der Waals surface area contributed by atoms with E-state index in [1.165, 1.54) is 11.3 Å². The quantitative estimate of drug-likeness (QED) is 0.666. The Hall–Kier alpha value is -1.85. The van der Waals surface area contributed by atoms with Crippen LogP contribution in [0.25, 0.3) is 16.2 Å². The van der Waals surface area contributed by atoms with Gasteiger partial charge < -0.3 is 14.6 Å². The molecule has 0 aliphatic carbocycles. The first kappa shape index (κ1) is 12.6. The maximum absolute atomic E-state index is 10.4. The summed E-state index contributed by atoms with van der Waals surface area (Å²) in [5.74, 6) is -0.215. The molecule has 0 radical (unpaired) electrons. The maximum Gasteiger partial charge on any atom is 0.328 e. The molecule has 1 N–H and O–H groups in total. The SMILES string of the molecule is COCOc1ccc2sc(C=CC(=O)O)cc2c1. The molecule has 1 heterocycles. The van der Waals surface area contributed by atoms with Crippen molar-refractivity contribution in [2.75, 3.05) is 13.9 Å². The second-order valence-electron chi connectivity index (χ2n) is 3.57. The van der Waals surface area contributed by atoms with E-state index >= 15 is 0 Å².